The van der Waals surface area contributed by atoms with Gasteiger partial charge in [-0.3, -0.25) is 0 Å². The van der Waals surface area contributed by atoms with E-state index in [-0.39, 0.29) is 0 Å². The largest absolute Gasteiger partial charge is 0.413 e. The standard InChI is InChI=1S/C13H15F5N2O2/c1-7(6-21)20(2)12(22)19-11(13(16,17)18)10-8(14)4-3-5-9(10)15/h3-5,7,11,21H,6H2,1-2H3,(H,19,22). The predicted octanol–water partition coefficient (Wildman–Crippen LogP) is 2.59. The van der Waals surface area contributed by atoms with Crippen LogP contribution in [0.3, 0.4) is 0 Å². The quantitative estimate of drug-likeness (QED) is 0.836. The number of hydrogen-bond acceptors (Lipinski definition) is 2. The molecule has 4 nitrogen and oxygen atoms in total. The van der Waals surface area contributed by atoms with E-state index in [9.17, 15) is 26.7 Å². The fourth-order valence-electron chi connectivity index (χ4n) is 1.65. The number of hydrogen-bond donors (Lipinski definition) is 2. The molecule has 0 aliphatic heterocycles. The fraction of sp³-hybridized carbons (Fsp3) is 0.462. The molecule has 0 radical (unpaired) electrons. The van der Waals surface area contributed by atoms with Crippen molar-refractivity contribution in [2.45, 2.75) is 25.2 Å². The topological polar surface area (TPSA) is 52.6 Å². The first-order chi connectivity index (χ1) is 10.1. The molecule has 0 bridgehead atoms. The van der Waals surface area contributed by atoms with Gasteiger partial charge in [0.25, 0.3) is 0 Å². The van der Waals surface area contributed by atoms with Crippen LogP contribution in [0.1, 0.15) is 18.5 Å². The van der Waals surface area contributed by atoms with Crippen molar-refractivity contribution in [3.05, 3.63) is 35.4 Å². The van der Waals surface area contributed by atoms with Crippen LogP contribution in [0.15, 0.2) is 18.2 Å². The maximum absolute atomic E-state index is 13.6. The van der Waals surface area contributed by atoms with Crippen molar-refractivity contribution in [1.29, 1.82) is 0 Å². The second kappa shape index (κ2) is 6.91. The molecular formula is C13H15F5N2O2. The van der Waals surface area contributed by atoms with Crippen molar-refractivity contribution in [2.24, 2.45) is 0 Å². The second-order valence-electron chi connectivity index (χ2n) is 4.70. The van der Waals surface area contributed by atoms with Gasteiger partial charge >= 0.3 is 12.2 Å². The lowest BCUT2D eigenvalue weighted by Gasteiger charge is -2.28. The van der Waals surface area contributed by atoms with Crippen LogP contribution < -0.4 is 5.32 Å². The van der Waals surface area contributed by atoms with E-state index in [1.54, 1.807) is 5.32 Å². The predicted molar refractivity (Wildman–Crippen MR) is 68.0 cm³/mol. The summed E-state index contributed by atoms with van der Waals surface area (Å²) in [5, 5.41) is 10.4. The Balaban J connectivity index is 3.14. The molecule has 22 heavy (non-hydrogen) atoms. The molecule has 2 amide bonds. The van der Waals surface area contributed by atoms with Crippen molar-refractivity contribution in [2.75, 3.05) is 13.7 Å². The van der Waals surface area contributed by atoms with Gasteiger partial charge in [-0.15, -0.1) is 0 Å². The van der Waals surface area contributed by atoms with E-state index in [4.69, 9.17) is 5.11 Å². The summed E-state index contributed by atoms with van der Waals surface area (Å²) in [7, 11) is 1.15. The Labute approximate surface area is 123 Å². The maximum Gasteiger partial charge on any atom is 0.413 e. The third kappa shape index (κ3) is 4.06. The van der Waals surface area contributed by atoms with Gasteiger partial charge in [0, 0.05) is 7.05 Å². The van der Waals surface area contributed by atoms with Crippen molar-refractivity contribution < 1.29 is 31.9 Å². The summed E-state index contributed by atoms with van der Waals surface area (Å²) in [6.07, 6.45) is -5.10. The van der Waals surface area contributed by atoms with Crippen molar-refractivity contribution >= 4 is 6.03 Å². The molecule has 1 rings (SSSR count). The third-order valence-electron chi connectivity index (χ3n) is 3.13. The lowest BCUT2D eigenvalue weighted by Crippen LogP contribution is -2.48. The SMILES string of the molecule is CC(CO)N(C)C(=O)NC(c1c(F)cccc1F)C(F)(F)F. The molecule has 0 spiro atoms. The summed E-state index contributed by atoms with van der Waals surface area (Å²) < 4.78 is 66.3. The van der Waals surface area contributed by atoms with E-state index in [1.807, 2.05) is 0 Å². The number of likely N-dealkylation sites (N-methyl/N-ethyl adjacent to an activating group) is 1. The molecule has 0 aliphatic carbocycles. The average Bonchev–Trinajstić information content (AvgIpc) is 2.43. The summed E-state index contributed by atoms with van der Waals surface area (Å²) in [6, 6.07) is -2.56. The van der Waals surface area contributed by atoms with E-state index >= 15 is 0 Å². The molecule has 124 valence electrons. The maximum atomic E-state index is 13.6. The van der Waals surface area contributed by atoms with E-state index in [1.165, 1.54) is 6.92 Å². The summed E-state index contributed by atoms with van der Waals surface area (Å²) in [5.41, 5.74) is -1.28. The number of carbonyl (C=O) groups excluding carboxylic acids is 1. The highest BCUT2D eigenvalue weighted by atomic mass is 19.4. The van der Waals surface area contributed by atoms with Crippen LogP contribution in [0.5, 0.6) is 0 Å². The minimum absolute atomic E-state index is 0.478. The van der Waals surface area contributed by atoms with Crippen LogP contribution in [-0.2, 0) is 0 Å². The lowest BCUT2D eigenvalue weighted by molar-refractivity contribution is -0.156. The van der Waals surface area contributed by atoms with Crippen LogP contribution in [0.4, 0.5) is 26.7 Å². The smallest absolute Gasteiger partial charge is 0.394 e. The Kier molecular flexibility index (Phi) is 5.70. The molecule has 9 heteroatoms. The van der Waals surface area contributed by atoms with Gasteiger partial charge in [0.1, 0.15) is 11.6 Å². The molecule has 2 atom stereocenters. The molecule has 0 aromatic heterocycles. The number of benzene rings is 1. The van der Waals surface area contributed by atoms with Crippen molar-refractivity contribution in [3.8, 4) is 0 Å². The number of rotatable bonds is 4. The first-order valence-electron chi connectivity index (χ1n) is 6.24. The normalized spacial score (nSPS) is 14.4. The van der Waals surface area contributed by atoms with E-state index in [0.29, 0.717) is 12.1 Å². The van der Waals surface area contributed by atoms with Crippen molar-refractivity contribution in [1.82, 2.24) is 10.2 Å². The number of carbonyl (C=O) groups is 1. The Morgan fingerprint density at radius 1 is 1.32 bits per heavy atom. The van der Waals surface area contributed by atoms with Crippen LogP contribution >= 0.6 is 0 Å². The van der Waals surface area contributed by atoms with Crippen LogP contribution in [-0.4, -0.2) is 41.9 Å². The lowest BCUT2D eigenvalue weighted by atomic mass is 10.1. The van der Waals surface area contributed by atoms with Gasteiger partial charge < -0.3 is 15.3 Å². The van der Waals surface area contributed by atoms with E-state index in [0.717, 1.165) is 18.0 Å². The first kappa shape index (κ1) is 18.1. The van der Waals surface area contributed by atoms with Gasteiger partial charge in [-0.1, -0.05) is 6.07 Å². The Hall–Kier alpha value is -1.90. The molecule has 1 aromatic carbocycles. The number of nitrogens with zero attached hydrogens (tertiary/aromatic N) is 1. The first-order valence-corrected chi connectivity index (χ1v) is 6.24. The van der Waals surface area contributed by atoms with Gasteiger partial charge in [-0.2, -0.15) is 13.2 Å². The number of amides is 2. The third-order valence-corrected chi connectivity index (χ3v) is 3.13. The Morgan fingerprint density at radius 3 is 2.23 bits per heavy atom. The number of alkyl halides is 3. The number of aliphatic hydroxyl groups is 1. The monoisotopic (exact) mass is 326 g/mol. The molecule has 2 unspecified atom stereocenters. The highest BCUT2D eigenvalue weighted by Gasteiger charge is 2.45. The molecule has 0 fully saturated rings. The zero-order valence-corrected chi connectivity index (χ0v) is 11.8. The van der Waals surface area contributed by atoms with Crippen molar-refractivity contribution in [3.63, 3.8) is 0 Å². The zero-order chi connectivity index (χ0) is 17.1. The highest BCUT2D eigenvalue weighted by molar-refractivity contribution is 5.75. The van der Waals surface area contributed by atoms with E-state index in [2.05, 4.69) is 0 Å². The van der Waals surface area contributed by atoms with Crippen LogP contribution in [0.2, 0.25) is 0 Å². The molecule has 2 N–H and O–H groups in total. The minimum atomic E-state index is -5.10. The summed E-state index contributed by atoms with van der Waals surface area (Å²) in [5.74, 6) is -2.83. The number of halogens is 5. The van der Waals surface area contributed by atoms with Crippen LogP contribution in [0.25, 0.3) is 0 Å². The van der Waals surface area contributed by atoms with Gasteiger partial charge in [0.15, 0.2) is 6.04 Å². The molecule has 0 aliphatic rings. The molecule has 0 heterocycles. The fourth-order valence-corrected chi connectivity index (χ4v) is 1.65. The Morgan fingerprint density at radius 2 is 1.82 bits per heavy atom. The molecule has 0 saturated carbocycles. The van der Waals surface area contributed by atoms with Gasteiger partial charge in [-0.25, -0.2) is 13.6 Å². The van der Waals surface area contributed by atoms with Gasteiger partial charge in [0.2, 0.25) is 0 Å². The summed E-state index contributed by atoms with van der Waals surface area (Å²) in [4.78, 5) is 12.6. The zero-order valence-electron chi connectivity index (χ0n) is 11.8. The number of aliphatic hydroxyl groups excluding tert-OH is 1. The number of urea groups is 1. The van der Waals surface area contributed by atoms with E-state index < -0.39 is 48.1 Å². The minimum Gasteiger partial charge on any atom is -0.394 e. The summed E-state index contributed by atoms with van der Waals surface area (Å²) in [6.45, 7) is 0.917. The molecule has 0 saturated heterocycles. The highest BCUT2D eigenvalue weighted by Crippen LogP contribution is 2.35. The van der Waals surface area contributed by atoms with Crippen LogP contribution in [0, 0.1) is 11.6 Å². The molecule has 1 aromatic rings. The Bertz CT molecular complexity index is 515. The van der Waals surface area contributed by atoms with Gasteiger partial charge in [0.05, 0.1) is 18.2 Å². The number of nitrogens with one attached hydrogen (secondary N) is 1. The molecular weight excluding hydrogens is 311 g/mol. The second-order valence-corrected chi connectivity index (χ2v) is 4.70. The summed E-state index contributed by atoms with van der Waals surface area (Å²) >= 11 is 0. The average molecular weight is 326 g/mol. The van der Waals surface area contributed by atoms with Gasteiger partial charge in [-0.05, 0) is 19.1 Å².